The number of carbonyl (C=O) groups is 2. The first-order valence-corrected chi connectivity index (χ1v) is 11.4. The summed E-state index contributed by atoms with van der Waals surface area (Å²) < 4.78 is 1.16. The second-order valence-corrected chi connectivity index (χ2v) is 9.24. The minimum atomic E-state index is -0.874. The fourth-order valence-corrected chi connectivity index (χ4v) is 5.12. The topological polar surface area (TPSA) is 79.3 Å². The Hall–Kier alpha value is -3.51. The van der Waals surface area contributed by atoms with Crippen molar-refractivity contribution in [3.63, 3.8) is 0 Å². The van der Waals surface area contributed by atoms with Crippen LogP contribution in [0, 0.1) is 18.8 Å². The van der Waals surface area contributed by atoms with Crippen molar-refractivity contribution in [1.82, 2.24) is 4.98 Å². The molecule has 5 rings (SSSR count). The zero-order chi connectivity index (χ0) is 22.2. The minimum absolute atomic E-state index is 0.0687. The van der Waals surface area contributed by atoms with Gasteiger partial charge in [0.1, 0.15) is 0 Å². The lowest BCUT2D eigenvalue weighted by atomic mass is 9.70. The van der Waals surface area contributed by atoms with Crippen molar-refractivity contribution in [2.45, 2.75) is 19.8 Å². The van der Waals surface area contributed by atoms with Crippen molar-refractivity contribution < 1.29 is 14.7 Å². The molecule has 6 heteroatoms. The van der Waals surface area contributed by atoms with Gasteiger partial charge in [0.15, 0.2) is 10.9 Å². The summed E-state index contributed by atoms with van der Waals surface area (Å²) in [7, 11) is 0. The van der Waals surface area contributed by atoms with Crippen LogP contribution in [0.15, 0.2) is 66.7 Å². The van der Waals surface area contributed by atoms with Crippen LogP contribution in [-0.4, -0.2) is 21.8 Å². The zero-order valence-electron chi connectivity index (χ0n) is 17.5. The molecule has 32 heavy (non-hydrogen) atoms. The maximum Gasteiger partial charge on any atom is 0.307 e. The van der Waals surface area contributed by atoms with Gasteiger partial charge in [-0.25, -0.2) is 4.98 Å². The lowest BCUT2D eigenvalue weighted by Gasteiger charge is -2.31. The Balaban J connectivity index is 1.29. The number of fused-ring (bicyclic) bond motifs is 1. The SMILES string of the molecule is Cc1cccc2sc(Nc3ccc(-c4ccc(C(=O)[C@@H]5CC[C@H]5C(=O)O)cc4)cc3)nc12. The van der Waals surface area contributed by atoms with E-state index in [0.29, 0.717) is 18.4 Å². The third-order valence-electron chi connectivity index (χ3n) is 6.19. The highest BCUT2D eigenvalue weighted by Crippen LogP contribution is 2.37. The molecule has 0 amide bonds. The molecule has 1 aromatic heterocycles. The van der Waals surface area contributed by atoms with Crippen LogP contribution in [0.1, 0.15) is 28.8 Å². The molecule has 0 saturated heterocycles. The molecule has 1 aliphatic rings. The molecule has 0 aliphatic heterocycles. The average molecular weight is 443 g/mol. The first kappa shape index (κ1) is 20.4. The average Bonchev–Trinajstić information content (AvgIpc) is 3.17. The van der Waals surface area contributed by atoms with E-state index in [1.807, 2.05) is 42.5 Å². The number of carbonyl (C=O) groups excluding carboxylic acids is 1. The molecule has 0 spiro atoms. The predicted molar refractivity (Wildman–Crippen MR) is 128 cm³/mol. The Morgan fingerprint density at radius 1 is 0.938 bits per heavy atom. The highest BCUT2D eigenvalue weighted by Gasteiger charge is 2.41. The lowest BCUT2D eigenvalue weighted by molar-refractivity contribution is -0.146. The van der Waals surface area contributed by atoms with Crippen molar-refractivity contribution in [3.8, 4) is 11.1 Å². The minimum Gasteiger partial charge on any atom is -0.481 e. The van der Waals surface area contributed by atoms with Crippen LogP contribution in [0.3, 0.4) is 0 Å². The van der Waals surface area contributed by atoms with Crippen LogP contribution < -0.4 is 5.32 Å². The Bertz CT molecular complexity index is 1310. The number of rotatable bonds is 6. The van der Waals surface area contributed by atoms with Gasteiger partial charge < -0.3 is 10.4 Å². The number of carboxylic acid groups (broad SMARTS) is 1. The van der Waals surface area contributed by atoms with Crippen LogP contribution in [0.2, 0.25) is 0 Å². The molecular weight excluding hydrogens is 420 g/mol. The third kappa shape index (κ3) is 3.78. The molecule has 2 atom stereocenters. The monoisotopic (exact) mass is 442 g/mol. The van der Waals surface area contributed by atoms with Gasteiger partial charge >= 0.3 is 5.97 Å². The molecule has 5 nitrogen and oxygen atoms in total. The number of carboxylic acids is 1. The molecule has 1 aliphatic carbocycles. The first-order valence-electron chi connectivity index (χ1n) is 10.6. The second-order valence-electron chi connectivity index (χ2n) is 8.21. The molecule has 1 fully saturated rings. The third-order valence-corrected chi connectivity index (χ3v) is 7.12. The van der Waals surface area contributed by atoms with Crippen LogP contribution in [0.4, 0.5) is 10.8 Å². The fourth-order valence-electron chi connectivity index (χ4n) is 4.16. The van der Waals surface area contributed by atoms with E-state index in [9.17, 15) is 14.7 Å². The van der Waals surface area contributed by atoms with Crippen molar-refractivity contribution in [2.75, 3.05) is 5.32 Å². The maximum atomic E-state index is 12.6. The van der Waals surface area contributed by atoms with Gasteiger partial charge in [0.25, 0.3) is 0 Å². The summed E-state index contributed by atoms with van der Waals surface area (Å²) in [6.07, 6.45) is 1.24. The van der Waals surface area contributed by atoms with Gasteiger partial charge in [-0.2, -0.15) is 0 Å². The quantitative estimate of drug-likeness (QED) is 0.342. The Morgan fingerprint density at radius 2 is 1.59 bits per heavy atom. The number of hydrogen-bond donors (Lipinski definition) is 2. The fraction of sp³-hybridized carbons (Fsp3) is 0.192. The lowest BCUT2D eigenvalue weighted by Crippen LogP contribution is -2.38. The van der Waals surface area contributed by atoms with Gasteiger partial charge in [-0.05, 0) is 54.7 Å². The molecule has 3 aromatic carbocycles. The van der Waals surface area contributed by atoms with E-state index in [4.69, 9.17) is 4.98 Å². The Labute approximate surface area is 189 Å². The van der Waals surface area contributed by atoms with E-state index >= 15 is 0 Å². The van der Waals surface area contributed by atoms with E-state index in [2.05, 4.69) is 24.4 Å². The number of aliphatic carboxylic acids is 1. The summed E-state index contributed by atoms with van der Waals surface area (Å²) >= 11 is 1.63. The van der Waals surface area contributed by atoms with E-state index < -0.39 is 17.8 Å². The molecule has 160 valence electrons. The number of ketones is 1. The number of anilines is 2. The van der Waals surface area contributed by atoms with Gasteiger partial charge in [-0.1, -0.05) is 59.9 Å². The number of thiazole rings is 1. The van der Waals surface area contributed by atoms with Crippen LogP contribution in [0.5, 0.6) is 0 Å². The smallest absolute Gasteiger partial charge is 0.307 e. The van der Waals surface area contributed by atoms with Gasteiger partial charge in [0, 0.05) is 17.2 Å². The zero-order valence-corrected chi connectivity index (χ0v) is 18.4. The van der Waals surface area contributed by atoms with Crippen molar-refractivity contribution in [3.05, 3.63) is 77.9 Å². The number of aromatic nitrogens is 1. The van der Waals surface area contributed by atoms with Gasteiger partial charge in [-0.15, -0.1) is 0 Å². The van der Waals surface area contributed by atoms with Crippen molar-refractivity contribution in [2.24, 2.45) is 11.8 Å². The summed E-state index contributed by atoms with van der Waals surface area (Å²) in [5.41, 5.74) is 5.78. The maximum absolute atomic E-state index is 12.6. The molecule has 1 saturated carbocycles. The second kappa shape index (κ2) is 8.20. The molecule has 0 unspecified atom stereocenters. The van der Waals surface area contributed by atoms with Gasteiger partial charge in [-0.3, -0.25) is 9.59 Å². The molecule has 0 radical (unpaired) electrons. The van der Waals surface area contributed by atoms with Crippen LogP contribution in [-0.2, 0) is 4.79 Å². The van der Waals surface area contributed by atoms with Crippen molar-refractivity contribution >= 4 is 44.1 Å². The van der Waals surface area contributed by atoms with Crippen LogP contribution in [0.25, 0.3) is 21.3 Å². The largest absolute Gasteiger partial charge is 0.481 e. The highest BCUT2D eigenvalue weighted by molar-refractivity contribution is 7.22. The number of nitrogens with one attached hydrogen (secondary N) is 1. The number of benzene rings is 3. The van der Waals surface area contributed by atoms with E-state index in [1.54, 1.807) is 23.5 Å². The molecule has 4 aromatic rings. The number of aryl methyl sites for hydroxylation is 1. The summed E-state index contributed by atoms with van der Waals surface area (Å²) in [4.78, 5) is 28.5. The number of Topliss-reactive ketones (excluding diaryl/α,β-unsaturated/α-hetero) is 1. The predicted octanol–water partition coefficient (Wildman–Crippen LogP) is 6.31. The number of nitrogens with zero attached hydrogens (tertiary/aromatic N) is 1. The normalized spacial score (nSPS) is 17.7. The first-order chi connectivity index (χ1) is 15.5. The van der Waals surface area contributed by atoms with Gasteiger partial charge in [0.05, 0.1) is 16.1 Å². The molecule has 0 bridgehead atoms. The number of hydrogen-bond acceptors (Lipinski definition) is 5. The Morgan fingerprint density at radius 3 is 2.19 bits per heavy atom. The van der Waals surface area contributed by atoms with E-state index in [0.717, 1.165) is 32.2 Å². The number of para-hydroxylation sites is 1. The van der Waals surface area contributed by atoms with Crippen molar-refractivity contribution in [1.29, 1.82) is 0 Å². The summed E-state index contributed by atoms with van der Waals surface area (Å²) in [5, 5.41) is 13.4. The van der Waals surface area contributed by atoms with E-state index in [-0.39, 0.29) is 5.78 Å². The standard InChI is InChI=1S/C26H22N2O3S/c1-15-3-2-4-22-23(15)28-26(32-22)27-19-11-9-17(10-12-19)16-5-7-18(8-6-16)24(29)20-13-14-21(20)25(30)31/h2-12,20-21H,13-14H2,1H3,(H,27,28)(H,30,31)/t20-,21-/m1/s1. The Kier molecular flexibility index (Phi) is 5.23. The van der Waals surface area contributed by atoms with Gasteiger partial charge in [0.2, 0.25) is 0 Å². The summed E-state index contributed by atoms with van der Waals surface area (Å²) in [6, 6.07) is 21.7. The molecular formula is C26H22N2O3S. The molecule has 2 N–H and O–H groups in total. The highest BCUT2D eigenvalue weighted by atomic mass is 32.1. The summed E-state index contributed by atoms with van der Waals surface area (Å²) in [6.45, 7) is 2.07. The molecule has 1 heterocycles. The summed E-state index contributed by atoms with van der Waals surface area (Å²) in [5.74, 6) is -1.88. The van der Waals surface area contributed by atoms with E-state index in [1.165, 1.54) is 5.56 Å². The van der Waals surface area contributed by atoms with Crippen LogP contribution >= 0.6 is 11.3 Å².